The highest BCUT2D eigenvalue weighted by Crippen LogP contribution is 2.26. The Labute approximate surface area is 156 Å². The number of hydrogen-bond acceptors (Lipinski definition) is 2. The molecule has 0 radical (unpaired) electrons. The molecule has 2 nitrogen and oxygen atoms in total. The predicted octanol–water partition coefficient (Wildman–Crippen LogP) is 5.20. The molecule has 1 N–H and O–H groups in total. The molecule has 0 amide bonds. The van der Waals surface area contributed by atoms with E-state index in [1.807, 2.05) is 0 Å². The number of rotatable bonds is 9. The van der Waals surface area contributed by atoms with Crippen LogP contribution in [-0.4, -0.2) is 13.7 Å². The summed E-state index contributed by atoms with van der Waals surface area (Å²) in [6.45, 7) is 1.92. The van der Waals surface area contributed by atoms with Crippen LogP contribution in [0.3, 0.4) is 0 Å². The highest BCUT2D eigenvalue weighted by molar-refractivity contribution is 5.31. The molecular weight excluding hydrogens is 318 g/mol. The van der Waals surface area contributed by atoms with Gasteiger partial charge in [-0.05, 0) is 54.1 Å². The zero-order chi connectivity index (χ0) is 18.0. The Kier molecular flexibility index (Phi) is 6.86. The fraction of sp³-hybridized carbons (Fsp3) is 0.250. The second-order valence-corrected chi connectivity index (χ2v) is 6.61. The lowest BCUT2D eigenvalue weighted by Gasteiger charge is -2.18. The van der Waals surface area contributed by atoms with Crippen molar-refractivity contribution >= 4 is 0 Å². The first-order chi connectivity index (χ1) is 12.8. The smallest absolute Gasteiger partial charge is 0.118 e. The molecule has 0 spiro atoms. The normalized spacial score (nSPS) is 11.9. The number of benzene rings is 3. The van der Waals surface area contributed by atoms with Crippen LogP contribution in [0.1, 0.15) is 29.0 Å². The first kappa shape index (κ1) is 18.2. The first-order valence-electron chi connectivity index (χ1n) is 9.27. The third-order valence-electron chi connectivity index (χ3n) is 4.75. The van der Waals surface area contributed by atoms with Gasteiger partial charge in [-0.25, -0.2) is 0 Å². The van der Waals surface area contributed by atoms with Gasteiger partial charge in [0.2, 0.25) is 0 Å². The minimum Gasteiger partial charge on any atom is -0.497 e. The molecule has 0 heterocycles. The Morgan fingerprint density at radius 1 is 0.769 bits per heavy atom. The molecule has 2 heteroatoms. The maximum absolute atomic E-state index is 5.30. The van der Waals surface area contributed by atoms with E-state index < -0.39 is 0 Å². The third-order valence-corrected chi connectivity index (χ3v) is 4.75. The van der Waals surface area contributed by atoms with E-state index in [9.17, 15) is 0 Å². The number of hydrogen-bond donors (Lipinski definition) is 1. The molecule has 0 bridgehead atoms. The van der Waals surface area contributed by atoms with Crippen molar-refractivity contribution in [3.05, 3.63) is 102 Å². The van der Waals surface area contributed by atoms with Gasteiger partial charge >= 0.3 is 0 Å². The Balaban J connectivity index is 1.62. The van der Waals surface area contributed by atoms with Crippen molar-refractivity contribution in [1.29, 1.82) is 0 Å². The van der Waals surface area contributed by atoms with Crippen LogP contribution in [0.5, 0.6) is 5.75 Å². The van der Waals surface area contributed by atoms with Crippen LogP contribution in [0.15, 0.2) is 84.9 Å². The molecule has 0 aromatic heterocycles. The fourth-order valence-electron chi connectivity index (χ4n) is 3.27. The van der Waals surface area contributed by atoms with Gasteiger partial charge < -0.3 is 10.1 Å². The van der Waals surface area contributed by atoms with Crippen molar-refractivity contribution in [3.8, 4) is 5.75 Å². The molecule has 3 aromatic carbocycles. The van der Waals surface area contributed by atoms with E-state index in [2.05, 4.69) is 90.2 Å². The molecule has 1 atom stereocenters. The summed E-state index contributed by atoms with van der Waals surface area (Å²) in [4.78, 5) is 0. The van der Waals surface area contributed by atoms with Crippen LogP contribution in [0.25, 0.3) is 0 Å². The summed E-state index contributed by atoms with van der Waals surface area (Å²) < 4.78 is 5.30. The molecule has 3 aromatic rings. The molecule has 0 saturated carbocycles. The van der Waals surface area contributed by atoms with E-state index in [1.54, 1.807) is 7.11 Å². The highest BCUT2D eigenvalue weighted by Gasteiger charge is 2.12. The Morgan fingerprint density at radius 3 is 2.00 bits per heavy atom. The predicted molar refractivity (Wildman–Crippen MR) is 109 cm³/mol. The minimum absolute atomic E-state index is 0.492. The first-order valence-corrected chi connectivity index (χ1v) is 9.27. The molecule has 0 fully saturated rings. The maximum atomic E-state index is 5.30. The lowest BCUT2D eigenvalue weighted by atomic mass is 9.89. The van der Waals surface area contributed by atoms with Crippen LogP contribution < -0.4 is 10.1 Å². The van der Waals surface area contributed by atoms with E-state index in [-0.39, 0.29) is 0 Å². The summed E-state index contributed by atoms with van der Waals surface area (Å²) in [5.41, 5.74) is 4.09. The zero-order valence-electron chi connectivity index (χ0n) is 15.4. The number of nitrogens with one attached hydrogen (secondary N) is 1. The summed E-state index contributed by atoms with van der Waals surface area (Å²) >= 11 is 0. The number of methoxy groups -OCH3 is 1. The van der Waals surface area contributed by atoms with Crippen molar-refractivity contribution in [2.75, 3.05) is 13.7 Å². The molecule has 0 aliphatic carbocycles. The summed E-state index contributed by atoms with van der Waals surface area (Å²) in [5.74, 6) is 1.40. The quantitative estimate of drug-likeness (QED) is 0.538. The van der Waals surface area contributed by atoms with Gasteiger partial charge in [0.05, 0.1) is 7.11 Å². The summed E-state index contributed by atoms with van der Waals surface area (Å²) in [6.07, 6.45) is 2.16. The average Bonchev–Trinajstić information content (AvgIpc) is 2.72. The van der Waals surface area contributed by atoms with Gasteiger partial charge in [-0.3, -0.25) is 0 Å². The molecule has 0 aliphatic heterocycles. The monoisotopic (exact) mass is 345 g/mol. The summed E-state index contributed by atoms with van der Waals surface area (Å²) in [6, 6.07) is 29.8. The lowest BCUT2D eigenvalue weighted by molar-refractivity contribution is 0.414. The topological polar surface area (TPSA) is 21.3 Å². The van der Waals surface area contributed by atoms with E-state index in [0.717, 1.165) is 31.7 Å². The molecule has 3 rings (SSSR count). The van der Waals surface area contributed by atoms with E-state index in [4.69, 9.17) is 4.74 Å². The molecule has 0 aliphatic rings. The van der Waals surface area contributed by atoms with Crippen LogP contribution in [0.2, 0.25) is 0 Å². The van der Waals surface area contributed by atoms with Crippen LogP contribution in [0, 0.1) is 0 Å². The van der Waals surface area contributed by atoms with Crippen LogP contribution in [0.4, 0.5) is 0 Å². The Hall–Kier alpha value is -2.58. The van der Waals surface area contributed by atoms with E-state index >= 15 is 0 Å². The Bertz CT molecular complexity index is 753. The van der Waals surface area contributed by atoms with Gasteiger partial charge in [-0.2, -0.15) is 0 Å². The fourth-order valence-corrected chi connectivity index (χ4v) is 3.27. The lowest BCUT2D eigenvalue weighted by Crippen LogP contribution is -2.18. The van der Waals surface area contributed by atoms with Crippen molar-refractivity contribution in [3.63, 3.8) is 0 Å². The largest absolute Gasteiger partial charge is 0.497 e. The van der Waals surface area contributed by atoms with E-state index in [0.29, 0.717) is 5.92 Å². The maximum Gasteiger partial charge on any atom is 0.118 e. The SMILES string of the molecule is COc1ccc([C@@H](CCNCc2ccccc2)Cc2ccccc2)cc1. The van der Waals surface area contributed by atoms with Crippen molar-refractivity contribution in [2.45, 2.75) is 25.3 Å². The summed E-state index contributed by atoms with van der Waals surface area (Å²) in [5, 5.41) is 3.59. The second-order valence-electron chi connectivity index (χ2n) is 6.61. The molecule has 26 heavy (non-hydrogen) atoms. The van der Waals surface area contributed by atoms with Gasteiger partial charge in [0, 0.05) is 6.54 Å². The number of ether oxygens (including phenoxy) is 1. The highest BCUT2D eigenvalue weighted by atomic mass is 16.5. The minimum atomic E-state index is 0.492. The van der Waals surface area contributed by atoms with Crippen LogP contribution in [-0.2, 0) is 13.0 Å². The van der Waals surface area contributed by atoms with Gasteiger partial charge in [0.25, 0.3) is 0 Å². The molecular formula is C24H27NO. The van der Waals surface area contributed by atoms with Crippen LogP contribution >= 0.6 is 0 Å². The van der Waals surface area contributed by atoms with Crippen molar-refractivity contribution in [1.82, 2.24) is 5.32 Å². The van der Waals surface area contributed by atoms with E-state index in [1.165, 1.54) is 16.7 Å². The molecule has 134 valence electrons. The van der Waals surface area contributed by atoms with Crippen molar-refractivity contribution < 1.29 is 4.74 Å². The van der Waals surface area contributed by atoms with Crippen molar-refractivity contribution in [2.24, 2.45) is 0 Å². The molecule has 0 unspecified atom stereocenters. The van der Waals surface area contributed by atoms with Gasteiger partial charge in [0.15, 0.2) is 0 Å². The third kappa shape index (κ3) is 5.47. The summed E-state index contributed by atoms with van der Waals surface area (Å²) in [7, 11) is 1.71. The standard InChI is InChI=1S/C24H27NO/c1-26-24-14-12-22(13-15-24)23(18-20-8-4-2-5-9-20)16-17-25-19-21-10-6-3-7-11-21/h2-15,23,25H,16-19H2,1H3/t23-/m0/s1. The van der Waals surface area contributed by atoms with Gasteiger partial charge in [-0.1, -0.05) is 72.8 Å². The zero-order valence-corrected chi connectivity index (χ0v) is 15.4. The average molecular weight is 345 g/mol. The van der Waals surface area contributed by atoms with Gasteiger partial charge in [-0.15, -0.1) is 0 Å². The second kappa shape index (κ2) is 9.79. The molecule has 0 saturated heterocycles. The Morgan fingerprint density at radius 2 is 1.38 bits per heavy atom. The van der Waals surface area contributed by atoms with Gasteiger partial charge in [0.1, 0.15) is 5.75 Å².